The zero-order valence-corrected chi connectivity index (χ0v) is 16.3. The van der Waals surface area contributed by atoms with Gasteiger partial charge in [0, 0.05) is 37.8 Å². The van der Waals surface area contributed by atoms with E-state index in [4.69, 9.17) is 4.42 Å². The number of rotatable bonds is 7. The quantitative estimate of drug-likeness (QED) is 0.755. The Labute approximate surface area is 159 Å². The van der Waals surface area contributed by atoms with Gasteiger partial charge in [0.25, 0.3) is 0 Å². The van der Waals surface area contributed by atoms with E-state index in [0.717, 1.165) is 49.6 Å². The van der Waals surface area contributed by atoms with Crippen molar-refractivity contribution in [3.63, 3.8) is 0 Å². The third-order valence-electron chi connectivity index (χ3n) is 5.20. The van der Waals surface area contributed by atoms with E-state index in [1.807, 2.05) is 26.0 Å². The van der Waals surface area contributed by atoms with Crippen molar-refractivity contribution < 1.29 is 14.0 Å². The average molecular weight is 372 g/mol. The third kappa shape index (κ3) is 4.86. The number of furan rings is 1. The van der Waals surface area contributed by atoms with Crippen LogP contribution in [0.3, 0.4) is 0 Å². The van der Waals surface area contributed by atoms with Gasteiger partial charge in [0.1, 0.15) is 5.76 Å². The molecule has 1 aliphatic rings. The Balaban J connectivity index is 1.43. The molecule has 0 spiro atoms. The third-order valence-corrected chi connectivity index (χ3v) is 5.20. The molecule has 1 N–H and O–H groups in total. The first kappa shape index (κ1) is 19.4. The number of carbonyl (C=O) groups is 2. The second-order valence-electron chi connectivity index (χ2n) is 7.27. The van der Waals surface area contributed by atoms with Crippen LogP contribution in [0.5, 0.6) is 0 Å². The lowest BCUT2D eigenvalue weighted by Crippen LogP contribution is -2.44. The Kier molecular flexibility index (Phi) is 6.11. The van der Waals surface area contributed by atoms with Gasteiger partial charge in [0.05, 0.1) is 24.1 Å². The molecule has 3 heterocycles. The molecule has 7 nitrogen and oxygen atoms in total. The van der Waals surface area contributed by atoms with Crippen LogP contribution < -0.4 is 5.32 Å². The zero-order chi connectivity index (χ0) is 19.4. The summed E-state index contributed by atoms with van der Waals surface area (Å²) in [6, 6.07) is 4.12. The van der Waals surface area contributed by atoms with Gasteiger partial charge in [-0.1, -0.05) is 0 Å². The number of piperidine rings is 1. The largest absolute Gasteiger partial charge is 0.468 e. The number of Topliss-reactive ketones (excluding diaryl/α,β-unsaturated/α-hetero) is 1. The maximum absolute atomic E-state index is 12.3. The molecule has 0 aromatic carbocycles. The van der Waals surface area contributed by atoms with Gasteiger partial charge in [-0.05, 0) is 45.7 Å². The van der Waals surface area contributed by atoms with Crippen molar-refractivity contribution in [1.29, 1.82) is 0 Å². The average Bonchev–Trinajstić information content (AvgIpc) is 3.22. The standard InChI is InChI=1S/C20H28N4O3/c1-14-20(16(3)25)15(2)24(22-14)11-8-19(26)21-17-6-9-23(10-7-17)13-18-5-4-12-27-18/h4-5,12,17H,6-11,13H2,1-3H3,(H,21,26). The number of hydrogen-bond acceptors (Lipinski definition) is 5. The van der Waals surface area contributed by atoms with E-state index in [1.165, 1.54) is 0 Å². The van der Waals surface area contributed by atoms with Gasteiger partial charge in [0.15, 0.2) is 5.78 Å². The van der Waals surface area contributed by atoms with Crippen LogP contribution >= 0.6 is 0 Å². The highest BCUT2D eigenvalue weighted by Gasteiger charge is 2.21. The summed E-state index contributed by atoms with van der Waals surface area (Å²) in [4.78, 5) is 26.3. The Morgan fingerprint density at radius 2 is 2.04 bits per heavy atom. The smallest absolute Gasteiger partial charge is 0.222 e. The summed E-state index contributed by atoms with van der Waals surface area (Å²) >= 11 is 0. The lowest BCUT2D eigenvalue weighted by Gasteiger charge is -2.31. The minimum atomic E-state index is 0.0157. The fourth-order valence-electron chi connectivity index (χ4n) is 3.79. The van der Waals surface area contributed by atoms with E-state index in [9.17, 15) is 9.59 Å². The number of likely N-dealkylation sites (tertiary alicyclic amines) is 1. The highest BCUT2D eigenvalue weighted by molar-refractivity contribution is 5.96. The minimum absolute atomic E-state index is 0.0157. The van der Waals surface area contributed by atoms with Crippen molar-refractivity contribution in [3.05, 3.63) is 41.1 Å². The second-order valence-corrected chi connectivity index (χ2v) is 7.27. The van der Waals surface area contributed by atoms with Crippen molar-refractivity contribution in [3.8, 4) is 0 Å². The molecule has 0 atom stereocenters. The van der Waals surface area contributed by atoms with Crippen LogP contribution in [0, 0.1) is 13.8 Å². The maximum atomic E-state index is 12.3. The molecule has 0 unspecified atom stereocenters. The Hall–Kier alpha value is -2.41. The van der Waals surface area contributed by atoms with Gasteiger partial charge >= 0.3 is 0 Å². The lowest BCUT2D eigenvalue weighted by molar-refractivity contribution is -0.122. The van der Waals surface area contributed by atoms with Gasteiger partial charge in [-0.3, -0.25) is 19.2 Å². The summed E-state index contributed by atoms with van der Waals surface area (Å²) in [5.41, 5.74) is 2.22. The zero-order valence-electron chi connectivity index (χ0n) is 16.3. The Morgan fingerprint density at radius 3 is 2.63 bits per heavy atom. The molecule has 7 heteroatoms. The molecular weight excluding hydrogens is 344 g/mol. The van der Waals surface area contributed by atoms with Gasteiger partial charge in [0.2, 0.25) is 5.91 Å². The summed E-state index contributed by atoms with van der Waals surface area (Å²) in [6.45, 7) is 8.47. The highest BCUT2D eigenvalue weighted by atomic mass is 16.3. The van der Waals surface area contributed by atoms with E-state index in [1.54, 1.807) is 17.9 Å². The van der Waals surface area contributed by atoms with Crippen molar-refractivity contribution >= 4 is 11.7 Å². The van der Waals surface area contributed by atoms with E-state index in [-0.39, 0.29) is 17.7 Å². The SMILES string of the molecule is CC(=O)c1c(C)nn(CCC(=O)NC2CCN(Cc3ccco3)CC2)c1C. The van der Waals surface area contributed by atoms with E-state index in [2.05, 4.69) is 15.3 Å². The van der Waals surface area contributed by atoms with Crippen LogP contribution in [0.1, 0.15) is 53.7 Å². The fraction of sp³-hybridized carbons (Fsp3) is 0.550. The topological polar surface area (TPSA) is 80.4 Å². The van der Waals surface area contributed by atoms with Gasteiger partial charge in [-0.2, -0.15) is 5.10 Å². The van der Waals surface area contributed by atoms with Crippen LogP contribution in [-0.2, 0) is 17.9 Å². The van der Waals surface area contributed by atoms with Gasteiger partial charge in [-0.15, -0.1) is 0 Å². The molecule has 0 radical (unpaired) electrons. The molecule has 0 bridgehead atoms. The molecular formula is C20H28N4O3. The summed E-state index contributed by atoms with van der Waals surface area (Å²) in [7, 11) is 0. The number of nitrogens with one attached hydrogen (secondary N) is 1. The van der Waals surface area contributed by atoms with Gasteiger partial charge < -0.3 is 9.73 Å². The van der Waals surface area contributed by atoms with Crippen molar-refractivity contribution in [1.82, 2.24) is 20.0 Å². The molecule has 27 heavy (non-hydrogen) atoms. The van der Waals surface area contributed by atoms with E-state index < -0.39 is 0 Å². The van der Waals surface area contributed by atoms with Crippen LogP contribution in [0.2, 0.25) is 0 Å². The molecule has 146 valence electrons. The lowest BCUT2D eigenvalue weighted by atomic mass is 10.0. The maximum Gasteiger partial charge on any atom is 0.222 e. The highest BCUT2D eigenvalue weighted by Crippen LogP contribution is 2.16. The van der Waals surface area contributed by atoms with Crippen LogP contribution in [0.4, 0.5) is 0 Å². The second kappa shape index (κ2) is 8.52. The summed E-state index contributed by atoms with van der Waals surface area (Å²) in [5, 5.41) is 7.53. The number of ketones is 1. The predicted octanol–water partition coefficient (Wildman–Crippen LogP) is 2.47. The molecule has 0 aliphatic carbocycles. The fourth-order valence-corrected chi connectivity index (χ4v) is 3.79. The minimum Gasteiger partial charge on any atom is -0.468 e. The van der Waals surface area contributed by atoms with Crippen molar-refractivity contribution in [2.75, 3.05) is 13.1 Å². The first-order chi connectivity index (χ1) is 12.9. The molecule has 1 aliphatic heterocycles. The molecule has 1 amide bonds. The van der Waals surface area contributed by atoms with Crippen LogP contribution in [0.25, 0.3) is 0 Å². The molecule has 3 rings (SSSR count). The predicted molar refractivity (Wildman–Crippen MR) is 101 cm³/mol. The monoisotopic (exact) mass is 372 g/mol. The van der Waals surface area contributed by atoms with Crippen molar-refractivity contribution in [2.24, 2.45) is 0 Å². The van der Waals surface area contributed by atoms with Crippen molar-refractivity contribution in [2.45, 2.75) is 59.2 Å². The molecule has 2 aromatic rings. The first-order valence-electron chi connectivity index (χ1n) is 9.53. The number of carbonyl (C=O) groups excluding carboxylic acids is 2. The molecule has 0 saturated carbocycles. The normalized spacial score (nSPS) is 15.8. The van der Waals surface area contributed by atoms with E-state index in [0.29, 0.717) is 18.5 Å². The molecule has 1 saturated heterocycles. The molecule has 2 aromatic heterocycles. The number of aromatic nitrogens is 2. The van der Waals surface area contributed by atoms with Crippen LogP contribution in [-0.4, -0.2) is 45.5 Å². The Bertz CT molecular complexity index is 787. The van der Waals surface area contributed by atoms with Crippen LogP contribution in [0.15, 0.2) is 22.8 Å². The Morgan fingerprint density at radius 1 is 1.30 bits per heavy atom. The number of amides is 1. The number of nitrogens with zero attached hydrogens (tertiary/aromatic N) is 3. The summed E-state index contributed by atoms with van der Waals surface area (Å²) in [5.74, 6) is 1.03. The first-order valence-corrected chi connectivity index (χ1v) is 9.53. The summed E-state index contributed by atoms with van der Waals surface area (Å²) in [6.07, 6.45) is 3.96. The summed E-state index contributed by atoms with van der Waals surface area (Å²) < 4.78 is 7.16. The van der Waals surface area contributed by atoms with Gasteiger partial charge in [-0.25, -0.2) is 0 Å². The number of hydrogen-bond donors (Lipinski definition) is 1. The van der Waals surface area contributed by atoms with E-state index >= 15 is 0 Å². The molecule has 1 fully saturated rings. The number of aryl methyl sites for hydroxylation is 2.